The third-order valence-corrected chi connectivity index (χ3v) is 3.86. The van der Waals surface area contributed by atoms with Crippen molar-refractivity contribution in [3.05, 3.63) is 65.9 Å². The number of nitrogens with zero attached hydrogens (tertiary/aromatic N) is 2. The van der Waals surface area contributed by atoms with Crippen LogP contribution in [-0.4, -0.2) is 16.2 Å². The van der Waals surface area contributed by atoms with Crippen LogP contribution in [0.25, 0.3) is 11.4 Å². The molecule has 0 amide bonds. The normalized spacial score (nSPS) is 11.8. The minimum atomic E-state index is -0.00322. The molecule has 0 bridgehead atoms. The highest BCUT2D eigenvalue weighted by Gasteiger charge is 2.06. The van der Waals surface area contributed by atoms with Crippen molar-refractivity contribution < 1.29 is 0 Å². The van der Waals surface area contributed by atoms with Crippen molar-refractivity contribution in [2.24, 2.45) is 5.73 Å². The van der Waals surface area contributed by atoms with Gasteiger partial charge in [-0.3, -0.25) is 0 Å². The van der Waals surface area contributed by atoms with Crippen LogP contribution in [0.5, 0.6) is 0 Å². The summed E-state index contributed by atoms with van der Waals surface area (Å²) >= 11 is 0. The Labute approximate surface area is 146 Å². The summed E-state index contributed by atoms with van der Waals surface area (Å²) < 4.78 is 0. The van der Waals surface area contributed by atoms with Crippen LogP contribution in [0.15, 0.2) is 54.7 Å². The number of aromatic nitrogens is 2. The van der Waals surface area contributed by atoms with E-state index >= 15 is 0 Å². The molecule has 1 aromatic heterocycles. The van der Waals surface area contributed by atoms with Gasteiger partial charge in [0, 0.05) is 41.0 Å². The highest BCUT2D eigenvalue weighted by Crippen LogP contribution is 2.22. The Kier molecular flexibility index (Phi) is 4.72. The quantitative estimate of drug-likeness (QED) is 0.422. The monoisotopic (exact) mass is 332 g/mol. The van der Waals surface area contributed by atoms with Gasteiger partial charge in [0.05, 0.1) is 0 Å². The molecule has 1 atom stereocenters. The van der Waals surface area contributed by atoms with Gasteiger partial charge in [0.25, 0.3) is 0 Å². The van der Waals surface area contributed by atoms with E-state index in [9.17, 15) is 0 Å². The molecule has 1 heterocycles. The lowest BCUT2D eigenvalue weighted by molar-refractivity contribution is 0.818. The van der Waals surface area contributed by atoms with Crippen molar-refractivity contribution in [2.75, 3.05) is 11.1 Å². The average Bonchev–Trinajstić information content (AvgIpc) is 2.63. The van der Waals surface area contributed by atoms with Gasteiger partial charge in [-0.2, -0.15) is 0 Å². The van der Waals surface area contributed by atoms with Crippen molar-refractivity contribution in [1.82, 2.24) is 9.97 Å². The largest absolute Gasteiger partial charge is 0.398 e. The molecule has 2 aromatic carbocycles. The minimum absolute atomic E-state index is 0.00322. The van der Waals surface area contributed by atoms with Crippen LogP contribution in [-0.2, 0) is 0 Å². The van der Waals surface area contributed by atoms with Crippen molar-refractivity contribution in [3.63, 3.8) is 0 Å². The van der Waals surface area contributed by atoms with Crippen molar-refractivity contribution in [1.29, 1.82) is 5.41 Å². The lowest BCUT2D eigenvalue weighted by atomic mass is 10.1. The number of anilines is 3. The van der Waals surface area contributed by atoms with Crippen LogP contribution < -0.4 is 16.8 Å². The predicted molar refractivity (Wildman–Crippen MR) is 102 cm³/mol. The van der Waals surface area contributed by atoms with Crippen LogP contribution in [0.1, 0.15) is 24.1 Å². The standard InChI is InChI=1S/C19H20N6/c1-12(21)13-2-4-14(5-3-13)19-23-9-8-18(25-19)24-16-6-7-17(22)15(10-16)11-20/h2-12,20H,21-22H2,1H3,(H,23,24,25). The summed E-state index contributed by atoms with van der Waals surface area (Å²) in [6.07, 6.45) is 2.94. The Morgan fingerprint density at radius 3 is 2.56 bits per heavy atom. The Morgan fingerprint density at radius 1 is 1.12 bits per heavy atom. The first-order chi connectivity index (χ1) is 12.1. The van der Waals surface area contributed by atoms with E-state index in [0.717, 1.165) is 16.8 Å². The Morgan fingerprint density at radius 2 is 1.88 bits per heavy atom. The molecular formula is C19H20N6. The number of hydrogen-bond donors (Lipinski definition) is 4. The number of nitrogens with two attached hydrogens (primary N) is 2. The van der Waals surface area contributed by atoms with E-state index in [2.05, 4.69) is 15.3 Å². The molecule has 0 saturated heterocycles. The fourth-order valence-electron chi connectivity index (χ4n) is 2.43. The third-order valence-electron chi connectivity index (χ3n) is 3.86. The molecule has 0 fully saturated rings. The van der Waals surface area contributed by atoms with E-state index in [-0.39, 0.29) is 6.04 Å². The second-order valence-electron chi connectivity index (χ2n) is 5.79. The molecule has 25 heavy (non-hydrogen) atoms. The smallest absolute Gasteiger partial charge is 0.161 e. The molecule has 0 aliphatic carbocycles. The van der Waals surface area contributed by atoms with Crippen molar-refractivity contribution in [2.45, 2.75) is 13.0 Å². The first-order valence-electron chi connectivity index (χ1n) is 7.93. The SMILES string of the molecule is CC(N)c1ccc(-c2nccc(Nc3ccc(N)c(C=N)c3)n2)cc1. The molecule has 1 unspecified atom stereocenters. The van der Waals surface area contributed by atoms with Gasteiger partial charge in [-0.15, -0.1) is 0 Å². The van der Waals surface area contributed by atoms with Crippen molar-refractivity contribution >= 4 is 23.4 Å². The molecular weight excluding hydrogens is 312 g/mol. The summed E-state index contributed by atoms with van der Waals surface area (Å²) in [5.74, 6) is 1.30. The number of nitrogens with one attached hydrogen (secondary N) is 2. The Balaban J connectivity index is 1.85. The van der Waals surface area contributed by atoms with Crippen LogP contribution in [0.3, 0.4) is 0 Å². The molecule has 0 radical (unpaired) electrons. The molecule has 126 valence electrons. The topological polar surface area (TPSA) is 114 Å². The third kappa shape index (κ3) is 3.81. The van der Waals surface area contributed by atoms with E-state index in [1.165, 1.54) is 6.21 Å². The van der Waals surface area contributed by atoms with Gasteiger partial charge < -0.3 is 22.2 Å². The summed E-state index contributed by atoms with van der Waals surface area (Å²) in [6, 6.07) is 15.1. The minimum Gasteiger partial charge on any atom is -0.398 e. The molecule has 0 spiro atoms. The Bertz CT molecular complexity index is 887. The van der Waals surface area contributed by atoms with E-state index in [4.69, 9.17) is 16.9 Å². The molecule has 6 nitrogen and oxygen atoms in total. The van der Waals surface area contributed by atoms with Gasteiger partial charge in [-0.1, -0.05) is 24.3 Å². The lowest BCUT2D eigenvalue weighted by Gasteiger charge is -2.10. The molecule has 3 aromatic rings. The summed E-state index contributed by atoms with van der Waals surface area (Å²) in [5.41, 5.74) is 15.7. The number of hydrogen-bond acceptors (Lipinski definition) is 6. The van der Waals surface area contributed by atoms with Gasteiger partial charge in [-0.25, -0.2) is 9.97 Å². The van der Waals surface area contributed by atoms with Crippen LogP contribution in [0, 0.1) is 5.41 Å². The molecule has 3 rings (SSSR count). The molecule has 0 saturated carbocycles. The van der Waals surface area contributed by atoms with E-state index < -0.39 is 0 Å². The summed E-state index contributed by atoms with van der Waals surface area (Å²) in [5, 5.41) is 10.6. The number of benzene rings is 2. The van der Waals surface area contributed by atoms with Crippen LogP contribution in [0.2, 0.25) is 0 Å². The summed E-state index contributed by atoms with van der Waals surface area (Å²) in [7, 11) is 0. The predicted octanol–water partition coefficient (Wildman–Crippen LogP) is 3.49. The first-order valence-corrected chi connectivity index (χ1v) is 7.93. The molecule has 0 aliphatic rings. The Hall–Kier alpha value is -3.25. The number of nitrogen functional groups attached to an aromatic ring is 1. The van der Waals surface area contributed by atoms with E-state index in [1.54, 1.807) is 18.3 Å². The first kappa shape index (κ1) is 16.6. The maximum atomic E-state index is 7.39. The lowest BCUT2D eigenvalue weighted by Crippen LogP contribution is -2.04. The zero-order valence-corrected chi connectivity index (χ0v) is 13.9. The zero-order chi connectivity index (χ0) is 17.8. The fraction of sp³-hybridized carbons (Fsp3) is 0.105. The van der Waals surface area contributed by atoms with E-state index in [0.29, 0.717) is 22.9 Å². The van der Waals surface area contributed by atoms with Gasteiger partial charge in [0.15, 0.2) is 5.82 Å². The van der Waals surface area contributed by atoms with Crippen LogP contribution in [0.4, 0.5) is 17.2 Å². The summed E-state index contributed by atoms with van der Waals surface area (Å²) in [4.78, 5) is 8.88. The number of rotatable bonds is 5. The maximum Gasteiger partial charge on any atom is 0.161 e. The second-order valence-corrected chi connectivity index (χ2v) is 5.79. The average molecular weight is 332 g/mol. The van der Waals surface area contributed by atoms with Gasteiger partial charge in [-0.05, 0) is 36.8 Å². The van der Waals surface area contributed by atoms with Crippen molar-refractivity contribution in [3.8, 4) is 11.4 Å². The van der Waals surface area contributed by atoms with E-state index in [1.807, 2.05) is 43.3 Å². The molecule has 6 N–H and O–H groups in total. The molecule has 0 aliphatic heterocycles. The van der Waals surface area contributed by atoms with Gasteiger partial charge >= 0.3 is 0 Å². The zero-order valence-electron chi connectivity index (χ0n) is 13.9. The summed E-state index contributed by atoms with van der Waals surface area (Å²) in [6.45, 7) is 1.95. The van der Waals surface area contributed by atoms with Gasteiger partial charge in [0.1, 0.15) is 5.82 Å². The highest BCUT2D eigenvalue weighted by molar-refractivity contribution is 5.87. The maximum absolute atomic E-state index is 7.39. The van der Waals surface area contributed by atoms with Gasteiger partial charge in [0.2, 0.25) is 0 Å². The fourth-order valence-corrected chi connectivity index (χ4v) is 2.43. The second kappa shape index (κ2) is 7.11. The molecule has 6 heteroatoms. The highest BCUT2D eigenvalue weighted by atomic mass is 15.0. The van der Waals surface area contributed by atoms with Crippen LogP contribution >= 0.6 is 0 Å².